The maximum atomic E-state index is 12.8. The number of carbonyl (C=O) groups is 1. The highest BCUT2D eigenvalue weighted by molar-refractivity contribution is 5.95. The Hall–Kier alpha value is -2.53. The first-order chi connectivity index (χ1) is 12.2. The molecule has 0 bridgehead atoms. The van der Waals surface area contributed by atoms with Crippen molar-refractivity contribution >= 4 is 5.91 Å². The number of nitrogens with zero attached hydrogens (tertiary/aromatic N) is 2. The summed E-state index contributed by atoms with van der Waals surface area (Å²) in [7, 11) is 0. The normalized spacial score (nSPS) is 18.2. The van der Waals surface area contributed by atoms with E-state index in [-0.39, 0.29) is 12.7 Å². The molecule has 0 radical (unpaired) electrons. The molecule has 1 fully saturated rings. The molecule has 0 aliphatic carbocycles. The second kappa shape index (κ2) is 6.76. The number of hydrogen-bond acceptors (Lipinski definition) is 4. The zero-order valence-corrected chi connectivity index (χ0v) is 14.4. The highest BCUT2D eigenvalue weighted by atomic mass is 16.7. The van der Waals surface area contributed by atoms with Crippen molar-refractivity contribution in [2.45, 2.75) is 13.0 Å². The summed E-state index contributed by atoms with van der Waals surface area (Å²) in [5, 5.41) is 0. The second-order valence-electron chi connectivity index (χ2n) is 6.48. The fourth-order valence-electron chi connectivity index (χ4n) is 3.47. The van der Waals surface area contributed by atoms with Gasteiger partial charge >= 0.3 is 0 Å². The SMILES string of the molecule is CC(c1ccccc1)N1CCN(C(=O)c2ccc3c(c2)OCO3)CC1. The van der Waals surface area contributed by atoms with Crippen molar-refractivity contribution in [2.24, 2.45) is 0 Å². The topological polar surface area (TPSA) is 42.0 Å². The van der Waals surface area contributed by atoms with Crippen LogP contribution >= 0.6 is 0 Å². The third kappa shape index (κ3) is 3.20. The van der Waals surface area contributed by atoms with E-state index in [1.165, 1.54) is 5.56 Å². The molecule has 0 N–H and O–H groups in total. The number of fused-ring (bicyclic) bond motifs is 1. The van der Waals surface area contributed by atoms with Crippen molar-refractivity contribution in [2.75, 3.05) is 33.0 Å². The Balaban J connectivity index is 1.39. The van der Waals surface area contributed by atoms with Crippen LogP contribution in [0.15, 0.2) is 48.5 Å². The van der Waals surface area contributed by atoms with Gasteiger partial charge in [0.2, 0.25) is 6.79 Å². The smallest absolute Gasteiger partial charge is 0.254 e. The Morgan fingerprint density at radius 2 is 1.68 bits per heavy atom. The molecular weight excluding hydrogens is 316 g/mol. The quantitative estimate of drug-likeness (QED) is 0.863. The van der Waals surface area contributed by atoms with Crippen LogP contribution < -0.4 is 9.47 Å². The lowest BCUT2D eigenvalue weighted by atomic mass is 10.1. The number of ether oxygens (including phenoxy) is 2. The molecule has 0 aromatic heterocycles. The first-order valence-electron chi connectivity index (χ1n) is 8.70. The summed E-state index contributed by atoms with van der Waals surface area (Å²) in [6.45, 7) is 5.70. The molecule has 2 heterocycles. The first kappa shape index (κ1) is 16.0. The molecule has 5 heteroatoms. The molecule has 1 amide bonds. The Labute approximate surface area is 147 Å². The summed E-state index contributed by atoms with van der Waals surface area (Å²) in [6.07, 6.45) is 0. The van der Waals surface area contributed by atoms with Gasteiger partial charge in [0.25, 0.3) is 5.91 Å². The zero-order chi connectivity index (χ0) is 17.2. The van der Waals surface area contributed by atoms with Crippen LogP contribution in [0.2, 0.25) is 0 Å². The monoisotopic (exact) mass is 338 g/mol. The molecule has 0 spiro atoms. The lowest BCUT2D eigenvalue weighted by Crippen LogP contribution is -2.49. The van der Waals surface area contributed by atoms with E-state index in [0.717, 1.165) is 26.2 Å². The van der Waals surface area contributed by atoms with Crippen molar-refractivity contribution in [3.05, 3.63) is 59.7 Å². The number of rotatable bonds is 3. The number of amides is 1. The largest absolute Gasteiger partial charge is 0.454 e. The molecule has 25 heavy (non-hydrogen) atoms. The van der Waals surface area contributed by atoms with Gasteiger partial charge in [-0.3, -0.25) is 9.69 Å². The van der Waals surface area contributed by atoms with Crippen LogP contribution in [0.4, 0.5) is 0 Å². The molecular formula is C20H22N2O3. The maximum Gasteiger partial charge on any atom is 0.254 e. The van der Waals surface area contributed by atoms with Gasteiger partial charge in [-0.1, -0.05) is 30.3 Å². The highest BCUT2D eigenvalue weighted by Gasteiger charge is 2.26. The van der Waals surface area contributed by atoms with Gasteiger partial charge in [0.05, 0.1) is 0 Å². The van der Waals surface area contributed by atoms with Crippen molar-refractivity contribution in [1.82, 2.24) is 9.80 Å². The summed E-state index contributed by atoms with van der Waals surface area (Å²) < 4.78 is 10.7. The van der Waals surface area contributed by atoms with Gasteiger partial charge in [0.15, 0.2) is 11.5 Å². The van der Waals surface area contributed by atoms with Crippen LogP contribution in [0.25, 0.3) is 0 Å². The third-order valence-corrected chi connectivity index (χ3v) is 5.05. The molecule has 1 atom stereocenters. The van der Waals surface area contributed by atoms with E-state index in [9.17, 15) is 4.79 Å². The average Bonchev–Trinajstić information content (AvgIpc) is 3.15. The van der Waals surface area contributed by atoms with E-state index >= 15 is 0 Å². The van der Waals surface area contributed by atoms with Gasteiger partial charge < -0.3 is 14.4 Å². The molecule has 2 aromatic rings. The number of piperazine rings is 1. The van der Waals surface area contributed by atoms with Gasteiger partial charge in [0.1, 0.15) is 0 Å². The number of hydrogen-bond donors (Lipinski definition) is 0. The van der Waals surface area contributed by atoms with Crippen LogP contribution in [0, 0.1) is 0 Å². The zero-order valence-electron chi connectivity index (χ0n) is 14.4. The Bertz CT molecular complexity index is 755. The predicted octanol–water partition coefficient (Wildman–Crippen LogP) is 2.93. The fraction of sp³-hybridized carbons (Fsp3) is 0.350. The lowest BCUT2D eigenvalue weighted by molar-refractivity contribution is 0.0582. The fourth-order valence-corrected chi connectivity index (χ4v) is 3.47. The van der Waals surface area contributed by atoms with Gasteiger partial charge in [-0.15, -0.1) is 0 Å². The molecule has 1 saturated heterocycles. The van der Waals surface area contributed by atoms with Gasteiger partial charge in [-0.25, -0.2) is 0 Å². The Kier molecular flexibility index (Phi) is 4.32. The maximum absolute atomic E-state index is 12.8. The van der Waals surface area contributed by atoms with E-state index in [2.05, 4.69) is 36.1 Å². The molecule has 130 valence electrons. The summed E-state index contributed by atoms with van der Waals surface area (Å²) >= 11 is 0. The lowest BCUT2D eigenvalue weighted by Gasteiger charge is -2.38. The van der Waals surface area contributed by atoms with E-state index in [4.69, 9.17) is 9.47 Å². The second-order valence-corrected chi connectivity index (χ2v) is 6.48. The summed E-state index contributed by atoms with van der Waals surface area (Å²) in [6, 6.07) is 16.3. The summed E-state index contributed by atoms with van der Waals surface area (Å²) in [4.78, 5) is 17.1. The number of benzene rings is 2. The Morgan fingerprint density at radius 1 is 0.960 bits per heavy atom. The molecule has 4 rings (SSSR count). The molecule has 2 aromatic carbocycles. The van der Waals surface area contributed by atoms with Crippen LogP contribution in [0.3, 0.4) is 0 Å². The Morgan fingerprint density at radius 3 is 2.44 bits per heavy atom. The minimum absolute atomic E-state index is 0.0605. The van der Waals surface area contributed by atoms with E-state index < -0.39 is 0 Å². The molecule has 1 unspecified atom stereocenters. The van der Waals surface area contributed by atoms with E-state index in [0.29, 0.717) is 23.1 Å². The van der Waals surface area contributed by atoms with Crippen LogP contribution in [-0.4, -0.2) is 48.7 Å². The highest BCUT2D eigenvalue weighted by Crippen LogP contribution is 2.33. The van der Waals surface area contributed by atoms with Crippen LogP contribution in [-0.2, 0) is 0 Å². The van der Waals surface area contributed by atoms with Crippen molar-refractivity contribution < 1.29 is 14.3 Å². The van der Waals surface area contributed by atoms with E-state index in [1.807, 2.05) is 23.1 Å². The van der Waals surface area contributed by atoms with E-state index in [1.54, 1.807) is 6.07 Å². The number of carbonyl (C=O) groups excluding carboxylic acids is 1. The average molecular weight is 338 g/mol. The first-order valence-corrected chi connectivity index (χ1v) is 8.70. The van der Waals surface area contributed by atoms with Crippen molar-refractivity contribution in [1.29, 1.82) is 0 Å². The standard InChI is InChI=1S/C20H22N2O3/c1-15(16-5-3-2-4-6-16)21-9-11-22(12-10-21)20(23)17-7-8-18-19(13-17)25-14-24-18/h2-8,13,15H,9-12,14H2,1H3. The van der Waals surface area contributed by atoms with Crippen LogP contribution in [0.1, 0.15) is 28.9 Å². The third-order valence-electron chi connectivity index (χ3n) is 5.05. The van der Waals surface area contributed by atoms with Crippen LogP contribution in [0.5, 0.6) is 11.5 Å². The molecule has 2 aliphatic rings. The molecule has 5 nitrogen and oxygen atoms in total. The molecule has 0 saturated carbocycles. The van der Waals surface area contributed by atoms with Gasteiger partial charge in [0, 0.05) is 37.8 Å². The minimum Gasteiger partial charge on any atom is -0.454 e. The predicted molar refractivity (Wildman–Crippen MR) is 94.9 cm³/mol. The summed E-state index contributed by atoms with van der Waals surface area (Å²) in [5.41, 5.74) is 1.98. The van der Waals surface area contributed by atoms with Gasteiger partial charge in [-0.2, -0.15) is 0 Å². The van der Waals surface area contributed by atoms with Crippen molar-refractivity contribution in [3.63, 3.8) is 0 Å². The van der Waals surface area contributed by atoms with Crippen molar-refractivity contribution in [3.8, 4) is 11.5 Å². The van der Waals surface area contributed by atoms with Gasteiger partial charge in [-0.05, 0) is 30.7 Å². The summed E-state index contributed by atoms with van der Waals surface area (Å²) in [5.74, 6) is 1.42. The molecule has 2 aliphatic heterocycles. The minimum atomic E-state index is 0.0605.